The number of hydrogen-bond donors (Lipinski definition) is 2. The Morgan fingerprint density at radius 3 is 2.57 bits per heavy atom. The first-order valence-corrected chi connectivity index (χ1v) is 6.62. The van der Waals surface area contributed by atoms with Crippen molar-refractivity contribution in [2.75, 3.05) is 19.6 Å². The first-order chi connectivity index (χ1) is 9.96. The normalized spacial score (nSPS) is 15.6. The van der Waals surface area contributed by atoms with Crippen molar-refractivity contribution in [3.05, 3.63) is 23.2 Å². The third-order valence-electron chi connectivity index (χ3n) is 3.43. The number of furan rings is 1. The first-order valence-electron chi connectivity index (χ1n) is 6.62. The van der Waals surface area contributed by atoms with Gasteiger partial charge >= 0.3 is 0 Å². The fourth-order valence-electron chi connectivity index (χ4n) is 2.25. The summed E-state index contributed by atoms with van der Waals surface area (Å²) in [6, 6.07) is 1.53. The Kier molecular flexibility index (Phi) is 4.27. The van der Waals surface area contributed by atoms with Gasteiger partial charge in [0.15, 0.2) is 0 Å². The zero-order valence-corrected chi connectivity index (χ0v) is 12.0. The van der Waals surface area contributed by atoms with E-state index in [2.05, 4.69) is 0 Å². The average Bonchev–Trinajstić information content (AvgIpc) is 2.82. The van der Waals surface area contributed by atoms with Crippen molar-refractivity contribution in [2.24, 2.45) is 5.84 Å². The molecule has 0 saturated carbocycles. The van der Waals surface area contributed by atoms with Crippen LogP contribution in [0.3, 0.4) is 0 Å². The molecule has 3 amide bonds. The van der Waals surface area contributed by atoms with Gasteiger partial charge in [-0.3, -0.25) is 19.8 Å². The SMILES string of the molecule is CCN1CC(=O)N(Cc2cc(C(=O)NN)c(C)o2)CC1=O. The molecule has 0 spiro atoms. The van der Waals surface area contributed by atoms with Crippen molar-refractivity contribution in [2.45, 2.75) is 20.4 Å². The number of nitrogens with zero attached hydrogens (tertiary/aromatic N) is 2. The number of nitrogens with two attached hydrogens (primary N) is 1. The minimum absolute atomic E-state index is 0.0187. The van der Waals surface area contributed by atoms with Crippen LogP contribution in [0.2, 0.25) is 0 Å². The second kappa shape index (κ2) is 5.96. The van der Waals surface area contributed by atoms with E-state index < -0.39 is 5.91 Å². The lowest BCUT2D eigenvalue weighted by Gasteiger charge is -2.32. The van der Waals surface area contributed by atoms with Crippen LogP contribution in [-0.4, -0.2) is 47.2 Å². The monoisotopic (exact) mass is 294 g/mol. The second-order valence-electron chi connectivity index (χ2n) is 4.81. The summed E-state index contributed by atoms with van der Waals surface area (Å²) in [6.45, 7) is 4.22. The van der Waals surface area contributed by atoms with E-state index in [0.29, 0.717) is 23.6 Å². The maximum Gasteiger partial charge on any atom is 0.268 e. The molecule has 0 bridgehead atoms. The maximum absolute atomic E-state index is 12.0. The van der Waals surface area contributed by atoms with Crippen LogP contribution in [0.15, 0.2) is 10.5 Å². The van der Waals surface area contributed by atoms with Crippen LogP contribution < -0.4 is 11.3 Å². The number of carbonyl (C=O) groups is 3. The van der Waals surface area contributed by atoms with Gasteiger partial charge in [-0.05, 0) is 19.9 Å². The van der Waals surface area contributed by atoms with Crippen LogP contribution in [0.5, 0.6) is 0 Å². The predicted molar refractivity (Wildman–Crippen MR) is 72.8 cm³/mol. The molecule has 3 N–H and O–H groups in total. The molecule has 0 unspecified atom stereocenters. The van der Waals surface area contributed by atoms with Crippen LogP contribution >= 0.6 is 0 Å². The van der Waals surface area contributed by atoms with Gasteiger partial charge in [0.05, 0.1) is 18.7 Å². The van der Waals surface area contributed by atoms with Crippen molar-refractivity contribution in [1.82, 2.24) is 15.2 Å². The highest BCUT2D eigenvalue weighted by Gasteiger charge is 2.29. The fourth-order valence-corrected chi connectivity index (χ4v) is 2.25. The Labute approximate surface area is 121 Å². The van der Waals surface area contributed by atoms with Crippen molar-refractivity contribution < 1.29 is 18.8 Å². The number of likely N-dealkylation sites (N-methyl/N-ethyl adjacent to an activating group) is 1. The summed E-state index contributed by atoms with van der Waals surface area (Å²) >= 11 is 0. The van der Waals surface area contributed by atoms with Gasteiger partial charge < -0.3 is 14.2 Å². The molecule has 21 heavy (non-hydrogen) atoms. The lowest BCUT2D eigenvalue weighted by atomic mass is 10.2. The van der Waals surface area contributed by atoms with Gasteiger partial charge in [-0.2, -0.15) is 0 Å². The van der Waals surface area contributed by atoms with Crippen LogP contribution in [0.25, 0.3) is 0 Å². The summed E-state index contributed by atoms with van der Waals surface area (Å²) < 4.78 is 5.44. The molecule has 2 heterocycles. The topological polar surface area (TPSA) is 109 Å². The smallest absolute Gasteiger partial charge is 0.268 e. The summed E-state index contributed by atoms with van der Waals surface area (Å²) in [5, 5.41) is 0. The Morgan fingerprint density at radius 2 is 1.95 bits per heavy atom. The van der Waals surface area contributed by atoms with Crippen LogP contribution in [0.1, 0.15) is 28.8 Å². The first kappa shape index (κ1) is 15.0. The van der Waals surface area contributed by atoms with Crippen molar-refractivity contribution >= 4 is 17.7 Å². The van der Waals surface area contributed by atoms with Gasteiger partial charge in [0.1, 0.15) is 18.1 Å². The van der Waals surface area contributed by atoms with Gasteiger partial charge in [0.2, 0.25) is 11.8 Å². The lowest BCUT2D eigenvalue weighted by molar-refractivity contribution is -0.150. The molecule has 0 radical (unpaired) electrons. The Hall–Kier alpha value is -2.35. The fraction of sp³-hybridized carbons (Fsp3) is 0.462. The number of rotatable bonds is 4. The number of nitrogens with one attached hydrogen (secondary N) is 1. The Bertz CT molecular complexity index is 581. The van der Waals surface area contributed by atoms with E-state index in [1.165, 1.54) is 15.9 Å². The summed E-state index contributed by atoms with van der Waals surface area (Å²) in [6.07, 6.45) is 0. The van der Waals surface area contributed by atoms with E-state index in [1.807, 2.05) is 12.3 Å². The van der Waals surface area contributed by atoms with E-state index in [4.69, 9.17) is 10.3 Å². The van der Waals surface area contributed by atoms with Gasteiger partial charge in [-0.1, -0.05) is 0 Å². The standard InChI is InChI=1S/C13H18N4O4/c1-3-16-6-12(19)17(7-11(16)18)5-9-4-10(8(2)21-9)13(20)15-14/h4H,3,5-7,14H2,1-2H3,(H,15,20). The molecule has 8 heteroatoms. The summed E-state index contributed by atoms with van der Waals surface area (Å²) in [4.78, 5) is 38.2. The molecule has 1 saturated heterocycles. The Balaban J connectivity index is 2.10. The number of aryl methyl sites for hydroxylation is 1. The van der Waals surface area contributed by atoms with E-state index in [1.54, 1.807) is 6.92 Å². The third-order valence-corrected chi connectivity index (χ3v) is 3.43. The summed E-state index contributed by atoms with van der Waals surface area (Å²) in [7, 11) is 0. The van der Waals surface area contributed by atoms with E-state index >= 15 is 0 Å². The predicted octanol–water partition coefficient (Wildman–Crippen LogP) is -0.618. The number of hydrazine groups is 1. The molecular weight excluding hydrogens is 276 g/mol. The molecule has 1 aromatic heterocycles. The van der Waals surface area contributed by atoms with Crippen molar-refractivity contribution in [3.63, 3.8) is 0 Å². The third kappa shape index (κ3) is 3.05. The zero-order valence-electron chi connectivity index (χ0n) is 12.0. The van der Waals surface area contributed by atoms with Crippen LogP contribution in [0.4, 0.5) is 0 Å². The molecule has 1 aromatic rings. The van der Waals surface area contributed by atoms with E-state index in [-0.39, 0.29) is 31.4 Å². The number of hydrogen-bond acceptors (Lipinski definition) is 5. The minimum Gasteiger partial charge on any atom is -0.464 e. The van der Waals surface area contributed by atoms with E-state index in [9.17, 15) is 14.4 Å². The van der Waals surface area contributed by atoms with Crippen molar-refractivity contribution in [3.8, 4) is 0 Å². The number of carbonyl (C=O) groups excluding carboxylic acids is 3. The summed E-state index contributed by atoms with van der Waals surface area (Å²) in [5.74, 6) is 5.24. The highest BCUT2D eigenvalue weighted by atomic mass is 16.3. The van der Waals surface area contributed by atoms with Gasteiger partial charge in [-0.25, -0.2) is 5.84 Å². The molecule has 0 aliphatic carbocycles. The highest BCUT2D eigenvalue weighted by molar-refractivity contribution is 5.95. The second-order valence-corrected chi connectivity index (χ2v) is 4.81. The van der Waals surface area contributed by atoms with Gasteiger partial charge in [0, 0.05) is 6.54 Å². The van der Waals surface area contributed by atoms with Crippen LogP contribution in [-0.2, 0) is 16.1 Å². The maximum atomic E-state index is 12.0. The molecule has 114 valence electrons. The zero-order chi connectivity index (χ0) is 15.6. The number of nitrogen functional groups attached to an aromatic ring is 1. The van der Waals surface area contributed by atoms with Gasteiger partial charge in [0.25, 0.3) is 5.91 Å². The molecular formula is C13H18N4O4. The molecule has 2 rings (SSSR count). The molecule has 1 aliphatic heterocycles. The Morgan fingerprint density at radius 1 is 1.33 bits per heavy atom. The molecule has 8 nitrogen and oxygen atoms in total. The number of amides is 3. The molecule has 0 atom stereocenters. The van der Waals surface area contributed by atoms with Crippen molar-refractivity contribution in [1.29, 1.82) is 0 Å². The number of piperazine rings is 1. The lowest BCUT2D eigenvalue weighted by Crippen LogP contribution is -2.53. The van der Waals surface area contributed by atoms with Crippen LogP contribution in [0, 0.1) is 6.92 Å². The molecule has 1 aliphatic rings. The highest BCUT2D eigenvalue weighted by Crippen LogP contribution is 2.17. The summed E-state index contributed by atoms with van der Waals surface area (Å²) in [5.41, 5.74) is 2.35. The molecule has 0 aromatic carbocycles. The van der Waals surface area contributed by atoms with E-state index in [0.717, 1.165) is 0 Å². The quantitative estimate of drug-likeness (QED) is 0.437. The largest absolute Gasteiger partial charge is 0.464 e. The average molecular weight is 294 g/mol. The molecule has 1 fully saturated rings. The van der Waals surface area contributed by atoms with Gasteiger partial charge in [-0.15, -0.1) is 0 Å². The minimum atomic E-state index is -0.458.